The van der Waals surface area contributed by atoms with Crippen molar-refractivity contribution in [3.05, 3.63) is 10.4 Å². The van der Waals surface area contributed by atoms with E-state index in [9.17, 15) is 53.4 Å². The summed E-state index contributed by atoms with van der Waals surface area (Å²) >= 11 is 0. The lowest BCUT2D eigenvalue weighted by Crippen LogP contribution is -2.60. The van der Waals surface area contributed by atoms with Crippen molar-refractivity contribution in [3.8, 4) is 0 Å². The van der Waals surface area contributed by atoms with Crippen LogP contribution in [-0.4, -0.2) is 171 Å². The zero-order chi connectivity index (χ0) is 45.5. The van der Waals surface area contributed by atoms with E-state index < -0.39 is 115 Å². The molecule has 0 fully saturated rings. The number of carbonyl (C=O) groups is 9. The van der Waals surface area contributed by atoms with Crippen molar-refractivity contribution in [2.24, 2.45) is 11.0 Å². The number of hydrogen-bond donors (Lipinski definition) is 9. The first-order valence-electron chi connectivity index (χ1n) is 19.1. The molecule has 0 aromatic rings. The molecule has 0 saturated heterocycles. The molecule has 25 heteroatoms. The summed E-state index contributed by atoms with van der Waals surface area (Å²) < 4.78 is 21.1. The van der Waals surface area contributed by atoms with Crippen molar-refractivity contribution in [1.29, 1.82) is 0 Å². The first kappa shape index (κ1) is 54.5. The Hall–Kier alpha value is -5.46. The lowest BCUT2D eigenvalue weighted by atomic mass is 10.0. The Labute approximate surface area is 346 Å². The maximum atomic E-state index is 13.5. The Morgan fingerprint density at radius 1 is 0.583 bits per heavy atom. The quantitative estimate of drug-likeness (QED) is 0.0140. The van der Waals surface area contributed by atoms with Crippen LogP contribution in [0, 0.1) is 5.92 Å². The predicted octanol–water partition coefficient (Wildman–Crippen LogP) is -2.15. The van der Waals surface area contributed by atoms with E-state index in [1.807, 2.05) is 0 Å². The normalized spacial score (nSPS) is 13.3. The second-order valence-corrected chi connectivity index (χ2v) is 13.4. The molecule has 0 heterocycles. The molecule has 2 unspecified atom stereocenters. The van der Waals surface area contributed by atoms with Gasteiger partial charge in [0, 0.05) is 37.4 Å². The fraction of sp³-hybridized carbons (Fsp3) is 0.743. The Morgan fingerprint density at radius 2 is 1.10 bits per heavy atom. The molecule has 9 N–H and O–H groups in total. The van der Waals surface area contributed by atoms with Gasteiger partial charge >= 0.3 is 17.9 Å². The molecule has 340 valence electrons. The van der Waals surface area contributed by atoms with E-state index >= 15 is 0 Å². The summed E-state index contributed by atoms with van der Waals surface area (Å²) in [6.07, 6.45) is -2.36. The van der Waals surface area contributed by atoms with Crippen LogP contribution in [0.2, 0.25) is 0 Å². The highest BCUT2D eigenvalue weighted by atomic mass is 16.6. The number of aliphatic carboxylic acids is 3. The van der Waals surface area contributed by atoms with Crippen LogP contribution >= 0.6 is 0 Å². The lowest BCUT2D eigenvalue weighted by Gasteiger charge is -2.28. The van der Waals surface area contributed by atoms with E-state index in [1.165, 1.54) is 13.8 Å². The molecule has 5 atom stereocenters. The first-order chi connectivity index (χ1) is 28.4. The van der Waals surface area contributed by atoms with E-state index in [0.29, 0.717) is 13.2 Å². The van der Waals surface area contributed by atoms with Gasteiger partial charge in [0.15, 0.2) is 0 Å². The second kappa shape index (κ2) is 32.4. The molecule has 60 heavy (non-hydrogen) atoms. The largest absolute Gasteiger partial charge is 0.481 e. The number of ether oxygens (including phenoxy) is 4. The van der Waals surface area contributed by atoms with Crippen LogP contribution in [0.4, 0.5) is 0 Å². The maximum Gasteiger partial charge on any atom is 0.305 e. The number of carboxylic acids is 3. The summed E-state index contributed by atoms with van der Waals surface area (Å²) in [5, 5.41) is 45.1. The number of hydrogen-bond acceptors (Lipinski definition) is 15. The van der Waals surface area contributed by atoms with Crippen molar-refractivity contribution >= 4 is 53.2 Å². The van der Waals surface area contributed by atoms with Crippen molar-refractivity contribution < 1.29 is 77.4 Å². The molecule has 25 nitrogen and oxygen atoms in total. The highest BCUT2D eigenvalue weighted by molar-refractivity contribution is 5.97. The SMILES string of the molecule is CC(=O)CC(NC(=O)[C@@H](NC(=O)C(CCC(=O)O)NC(=O)[C@H](CC(=O)O)NCCN=[N+]=[N-])C(C)C)C(=O)N[C@@H](C)C(=O)NCCOCCOCCOCCOCCC(=O)O. The number of nitrogens with one attached hydrogen (secondary N) is 6. The summed E-state index contributed by atoms with van der Waals surface area (Å²) in [6.45, 7) is 7.30. The highest BCUT2D eigenvalue weighted by Gasteiger charge is 2.34. The minimum Gasteiger partial charge on any atom is -0.481 e. The van der Waals surface area contributed by atoms with Crippen molar-refractivity contribution in [2.75, 3.05) is 72.5 Å². The third-order valence-corrected chi connectivity index (χ3v) is 7.89. The van der Waals surface area contributed by atoms with Gasteiger partial charge < -0.3 is 66.2 Å². The number of Topliss-reactive ketones (excluding diaryl/α,β-unsaturated/α-hetero) is 1. The van der Waals surface area contributed by atoms with Crippen molar-refractivity contribution in [2.45, 2.75) is 90.0 Å². The molecule has 0 aromatic carbocycles. The van der Waals surface area contributed by atoms with Gasteiger partial charge in [0.1, 0.15) is 30.0 Å². The molecular weight excluding hydrogens is 802 g/mol. The minimum absolute atomic E-state index is 0.0788. The molecule has 0 aromatic heterocycles. The molecular formula is C35H59N9O16. The molecule has 5 amide bonds. The van der Waals surface area contributed by atoms with E-state index in [2.05, 4.69) is 41.9 Å². The lowest BCUT2D eigenvalue weighted by molar-refractivity contribution is -0.141. The van der Waals surface area contributed by atoms with Crippen LogP contribution in [0.3, 0.4) is 0 Å². The highest BCUT2D eigenvalue weighted by Crippen LogP contribution is 2.08. The maximum absolute atomic E-state index is 13.5. The average Bonchev–Trinajstić information content (AvgIpc) is 3.16. The van der Waals surface area contributed by atoms with E-state index in [-0.39, 0.29) is 65.7 Å². The summed E-state index contributed by atoms with van der Waals surface area (Å²) in [7, 11) is 0. The van der Waals surface area contributed by atoms with Gasteiger partial charge in [-0.1, -0.05) is 19.0 Å². The third-order valence-electron chi connectivity index (χ3n) is 7.89. The Morgan fingerprint density at radius 3 is 1.62 bits per heavy atom. The first-order valence-corrected chi connectivity index (χ1v) is 19.1. The van der Waals surface area contributed by atoms with Gasteiger partial charge in [-0.2, -0.15) is 0 Å². The molecule has 0 bridgehead atoms. The smallest absolute Gasteiger partial charge is 0.305 e. The number of amides is 5. The summed E-state index contributed by atoms with van der Waals surface area (Å²) in [4.78, 5) is 114. The molecule has 0 rings (SSSR count). The van der Waals surface area contributed by atoms with Gasteiger partial charge in [0.05, 0.1) is 71.7 Å². The van der Waals surface area contributed by atoms with E-state index in [4.69, 9.17) is 29.6 Å². The molecule has 0 spiro atoms. The zero-order valence-corrected chi connectivity index (χ0v) is 34.3. The molecule has 0 aliphatic carbocycles. The molecule has 0 aliphatic rings. The summed E-state index contributed by atoms with van der Waals surface area (Å²) in [5.74, 6) is -9.19. The van der Waals surface area contributed by atoms with Crippen LogP contribution in [0.15, 0.2) is 5.11 Å². The van der Waals surface area contributed by atoms with Crippen molar-refractivity contribution in [1.82, 2.24) is 31.9 Å². The number of rotatable bonds is 36. The van der Waals surface area contributed by atoms with E-state index in [0.717, 1.165) is 0 Å². The predicted molar refractivity (Wildman–Crippen MR) is 207 cm³/mol. The van der Waals surface area contributed by atoms with Gasteiger partial charge in [-0.05, 0) is 31.7 Å². The summed E-state index contributed by atoms with van der Waals surface area (Å²) in [6, 6.07) is -6.96. The number of carboxylic acid groups (broad SMARTS) is 3. The van der Waals surface area contributed by atoms with Crippen LogP contribution in [-0.2, 0) is 62.1 Å². The Balaban J connectivity index is 5.21. The average molecular weight is 862 g/mol. The monoisotopic (exact) mass is 861 g/mol. The van der Waals surface area contributed by atoms with Gasteiger partial charge in [-0.15, -0.1) is 0 Å². The van der Waals surface area contributed by atoms with Gasteiger partial charge in [0.2, 0.25) is 29.5 Å². The van der Waals surface area contributed by atoms with Crippen LogP contribution < -0.4 is 31.9 Å². The fourth-order valence-corrected chi connectivity index (χ4v) is 4.82. The number of ketones is 1. The van der Waals surface area contributed by atoms with Gasteiger partial charge in [-0.25, -0.2) is 0 Å². The topological polar surface area (TPSA) is 372 Å². The van der Waals surface area contributed by atoms with Crippen LogP contribution in [0.5, 0.6) is 0 Å². The Kier molecular flexibility index (Phi) is 29.5. The standard InChI is InChI=1S/C35H59N9O16/c1-21(2)30(43-32(53)24(5-6-27(46)47)41-33(54)25(20-29(50)51)37-8-9-39-44-36)35(56)42-26(19-22(3)45)34(55)40-23(4)31(52)38-10-12-58-14-16-60-18-17-59-15-13-57-11-7-28(48)49/h21,23-26,30,37H,5-20H2,1-4H3,(H,38,52)(H,40,55)(H,41,54)(H,42,56)(H,43,53)(H,46,47)(H,48,49)(H,50,51)/t23-,24?,25-,26?,30-/m0/s1. The molecule has 0 radical (unpaired) electrons. The third kappa shape index (κ3) is 27.3. The molecule has 0 saturated carbocycles. The zero-order valence-electron chi connectivity index (χ0n) is 34.3. The number of azide groups is 1. The van der Waals surface area contributed by atoms with Gasteiger partial charge in [0.25, 0.3) is 0 Å². The van der Waals surface area contributed by atoms with Crippen molar-refractivity contribution in [3.63, 3.8) is 0 Å². The van der Waals surface area contributed by atoms with Gasteiger partial charge in [-0.3, -0.25) is 43.2 Å². The number of carbonyl (C=O) groups excluding carboxylic acids is 6. The summed E-state index contributed by atoms with van der Waals surface area (Å²) in [5.41, 5.74) is 8.45. The fourth-order valence-electron chi connectivity index (χ4n) is 4.82. The minimum atomic E-state index is -1.56. The second-order valence-electron chi connectivity index (χ2n) is 13.4. The number of nitrogens with zero attached hydrogens (tertiary/aromatic N) is 3. The Bertz CT molecular complexity index is 1460. The molecule has 0 aliphatic heterocycles. The van der Waals surface area contributed by atoms with Crippen LogP contribution in [0.1, 0.15) is 59.8 Å². The van der Waals surface area contributed by atoms with Crippen LogP contribution in [0.25, 0.3) is 10.4 Å². The van der Waals surface area contributed by atoms with E-state index in [1.54, 1.807) is 13.8 Å².